The highest BCUT2D eigenvalue weighted by Crippen LogP contribution is 2.33. The number of fused-ring (bicyclic) bond motifs is 1. The highest BCUT2D eigenvalue weighted by molar-refractivity contribution is 7.88. The maximum Gasteiger partial charge on any atom is 0.534 e. The van der Waals surface area contributed by atoms with Crippen LogP contribution >= 0.6 is 0 Å². The molecule has 158 valence electrons. The molecule has 9 heteroatoms. The van der Waals surface area contributed by atoms with Gasteiger partial charge < -0.3 is 8.92 Å². The first-order valence-electron chi connectivity index (χ1n) is 9.24. The van der Waals surface area contributed by atoms with Crippen molar-refractivity contribution in [1.82, 2.24) is 4.90 Å². The van der Waals surface area contributed by atoms with Crippen molar-refractivity contribution in [3.63, 3.8) is 0 Å². The Morgan fingerprint density at radius 3 is 2.55 bits per heavy atom. The van der Waals surface area contributed by atoms with Gasteiger partial charge >= 0.3 is 15.6 Å². The lowest BCUT2D eigenvalue weighted by Crippen LogP contribution is -2.43. The Morgan fingerprint density at radius 2 is 1.90 bits per heavy atom. The molecule has 0 amide bonds. The topological polar surface area (TPSA) is 55.8 Å². The first kappa shape index (κ1) is 21.4. The van der Waals surface area contributed by atoms with E-state index in [2.05, 4.69) is 28.1 Å². The number of benzene rings is 2. The number of alkyl halides is 3. The van der Waals surface area contributed by atoms with Crippen LogP contribution in [0.1, 0.15) is 24.5 Å². The smallest absolute Gasteiger partial charge is 0.492 e. The lowest BCUT2D eigenvalue weighted by atomic mass is 10.0. The lowest BCUT2D eigenvalue weighted by molar-refractivity contribution is -0.0500. The second-order valence-electron chi connectivity index (χ2n) is 6.88. The Balaban J connectivity index is 1.73. The molecule has 2 aromatic carbocycles. The first-order valence-corrected chi connectivity index (χ1v) is 10.6. The highest BCUT2D eigenvalue weighted by atomic mass is 32.2. The predicted octanol–water partition coefficient (Wildman–Crippen LogP) is 4.13. The molecule has 1 aliphatic heterocycles. The maximum atomic E-state index is 12.5. The van der Waals surface area contributed by atoms with Gasteiger partial charge in [0, 0.05) is 18.7 Å². The van der Waals surface area contributed by atoms with E-state index >= 15 is 0 Å². The number of nitrogens with zero attached hydrogens (tertiary/aromatic N) is 1. The summed E-state index contributed by atoms with van der Waals surface area (Å²) >= 11 is 0. The molecule has 2 aromatic rings. The second-order valence-corrected chi connectivity index (χ2v) is 8.42. The number of hydrogen-bond donors (Lipinski definition) is 0. The SMILES string of the molecule is CCCN(Cc1ccccc1)C1COc2cc(OS(=O)(=O)C(F)(F)F)ccc2C1. The molecule has 1 aliphatic rings. The molecule has 3 rings (SSSR count). The molecule has 0 saturated heterocycles. The molecule has 0 radical (unpaired) electrons. The van der Waals surface area contributed by atoms with E-state index in [1.54, 1.807) is 6.07 Å². The predicted molar refractivity (Wildman–Crippen MR) is 102 cm³/mol. The van der Waals surface area contributed by atoms with Crippen molar-refractivity contribution in [1.29, 1.82) is 0 Å². The van der Waals surface area contributed by atoms with Crippen LogP contribution in [0.4, 0.5) is 13.2 Å². The fraction of sp³-hybridized carbons (Fsp3) is 0.400. The van der Waals surface area contributed by atoms with Gasteiger partial charge in [-0.25, -0.2) is 0 Å². The molecule has 0 spiro atoms. The van der Waals surface area contributed by atoms with Gasteiger partial charge in [-0.05, 0) is 36.6 Å². The third kappa shape index (κ3) is 5.22. The van der Waals surface area contributed by atoms with E-state index in [0.29, 0.717) is 18.8 Å². The molecular weight excluding hydrogens is 407 g/mol. The van der Waals surface area contributed by atoms with Crippen LogP contribution in [0, 0.1) is 0 Å². The minimum atomic E-state index is -5.71. The number of halogens is 3. The standard InChI is InChI=1S/C20H22F3NO4S/c1-2-10-24(13-15-6-4-3-5-7-15)17-11-16-8-9-18(12-19(16)27-14-17)28-29(25,26)20(21,22)23/h3-9,12,17H,2,10-11,13-14H2,1H3. The van der Waals surface area contributed by atoms with Gasteiger partial charge in [0.2, 0.25) is 0 Å². The Labute approximate surface area is 168 Å². The molecule has 1 atom stereocenters. The molecule has 0 fully saturated rings. The number of rotatable bonds is 7. The van der Waals surface area contributed by atoms with Crippen molar-refractivity contribution in [2.75, 3.05) is 13.2 Å². The largest absolute Gasteiger partial charge is 0.534 e. The zero-order valence-corrected chi connectivity index (χ0v) is 16.7. The Bertz CT molecular complexity index is 932. The minimum Gasteiger partial charge on any atom is -0.492 e. The Kier molecular flexibility index (Phi) is 6.38. The van der Waals surface area contributed by atoms with E-state index in [1.165, 1.54) is 17.7 Å². The number of hydrogen-bond acceptors (Lipinski definition) is 5. The molecule has 5 nitrogen and oxygen atoms in total. The summed E-state index contributed by atoms with van der Waals surface area (Å²) in [6.07, 6.45) is 1.62. The van der Waals surface area contributed by atoms with Crippen LogP contribution in [0.3, 0.4) is 0 Å². The molecule has 0 aliphatic carbocycles. The van der Waals surface area contributed by atoms with E-state index in [0.717, 1.165) is 25.1 Å². The third-order valence-corrected chi connectivity index (χ3v) is 5.65. The van der Waals surface area contributed by atoms with Gasteiger partial charge in [-0.2, -0.15) is 21.6 Å². The maximum absolute atomic E-state index is 12.5. The molecule has 0 N–H and O–H groups in total. The van der Waals surface area contributed by atoms with Crippen LogP contribution in [0.5, 0.6) is 11.5 Å². The summed E-state index contributed by atoms with van der Waals surface area (Å²) in [6, 6.07) is 14.1. The summed E-state index contributed by atoms with van der Waals surface area (Å²) in [5.41, 5.74) is -3.49. The summed E-state index contributed by atoms with van der Waals surface area (Å²) in [7, 11) is -5.71. The molecule has 1 heterocycles. The van der Waals surface area contributed by atoms with Gasteiger partial charge in [-0.1, -0.05) is 43.3 Å². The van der Waals surface area contributed by atoms with Gasteiger partial charge in [0.25, 0.3) is 0 Å². The molecule has 0 bridgehead atoms. The van der Waals surface area contributed by atoms with Crippen molar-refractivity contribution in [2.24, 2.45) is 0 Å². The molecule has 1 unspecified atom stereocenters. The van der Waals surface area contributed by atoms with Crippen LogP contribution < -0.4 is 8.92 Å². The van der Waals surface area contributed by atoms with Crippen molar-refractivity contribution in [3.8, 4) is 11.5 Å². The average Bonchev–Trinajstić information content (AvgIpc) is 2.67. The van der Waals surface area contributed by atoms with Crippen LogP contribution in [-0.4, -0.2) is 38.0 Å². The zero-order valence-electron chi connectivity index (χ0n) is 15.9. The monoisotopic (exact) mass is 429 g/mol. The van der Waals surface area contributed by atoms with Gasteiger partial charge in [-0.15, -0.1) is 0 Å². The van der Waals surface area contributed by atoms with E-state index < -0.39 is 21.4 Å². The molecule has 29 heavy (non-hydrogen) atoms. The Morgan fingerprint density at radius 1 is 1.17 bits per heavy atom. The Hall–Kier alpha value is -2.26. The van der Waals surface area contributed by atoms with Crippen LogP contribution in [0.15, 0.2) is 48.5 Å². The minimum absolute atomic E-state index is 0.105. The van der Waals surface area contributed by atoms with Gasteiger partial charge in [0.1, 0.15) is 18.1 Å². The van der Waals surface area contributed by atoms with E-state index in [4.69, 9.17) is 4.74 Å². The summed E-state index contributed by atoms with van der Waals surface area (Å²) in [4.78, 5) is 2.32. The van der Waals surface area contributed by atoms with Crippen molar-refractivity contribution >= 4 is 10.1 Å². The van der Waals surface area contributed by atoms with E-state index in [-0.39, 0.29) is 6.04 Å². The van der Waals surface area contributed by atoms with Crippen molar-refractivity contribution < 1.29 is 30.5 Å². The van der Waals surface area contributed by atoms with Crippen LogP contribution in [0.25, 0.3) is 0 Å². The lowest BCUT2D eigenvalue weighted by Gasteiger charge is -2.35. The van der Waals surface area contributed by atoms with Crippen LogP contribution in [-0.2, 0) is 23.1 Å². The van der Waals surface area contributed by atoms with Gasteiger partial charge in [0.15, 0.2) is 0 Å². The van der Waals surface area contributed by atoms with Crippen LogP contribution in [0.2, 0.25) is 0 Å². The number of ether oxygens (including phenoxy) is 1. The first-order chi connectivity index (χ1) is 13.7. The van der Waals surface area contributed by atoms with Crippen molar-refractivity contribution in [3.05, 3.63) is 59.7 Å². The summed E-state index contributed by atoms with van der Waals surface area (Å²) in [6.45, 7) is 4.10. The molecular formula is C20H22F3NO4S. The summed E-state index contributed by atoms with van der Waals surface area (Å²) in [5.74, 6) is -0.0819. The normalized spacial score (nSPS) is 16.9. The highest BCUT2D eigenvalue weighted by Gasteiger charge is 2.48. The fourth-order valence-electron chi connectivity index (χ4n) is 3.29. The van der Waals surface area contributed by atoms with Gasteiger partial charge in [0.05, 0.1) is 0 Å². The average molecular weight is 429 g/mol. The zero-order chi connectivity index (χ0) is 21.1. The fourth-order valence-corrected chi connectivity index (χ4v) is 3.74. The third-order valence-electron chi connectivity index (χ3n) is 4.67. The summed E-state index contributed by atoms with van der Waals surface area (Å²) < 4.78 is 69.8. The van der Waals surface area contributed by atoms with E-state index in [1.807, 2.05) is 18.2 Å². The second kappa shape index (κ2) is 8.62. The molecule has 0 saturated carbocycles. The van der Waals surface area contributed by atoms with E-state index in [9.17, 15) is 21.6 Å². The molecule has 0 aromatic heterocycles. The van der Waals surface area contributed by atoms with Gasteiger partial charge in [-0.3, -0.25) is 4.90 Å². The van der Waals surface area contributed by atoms with Crippen molar-refractivity contribution in [2.45, 2.75) is 37.9 Å². The summed E-state index contributed by atoms with van der Waals surface area (Å²) in [5, 5.41) is 0. The quantitative estimate of drug-likeness (QED) is 0.489.